The molecule has 2 aliphatic rings. The van der Waals surface area contributed by atoms with Crippen LogP contribution < -0.4 is 14.8 Å². The van der Waals surface area contributed by atoms with Crippen LogP contribution >= 0.6 is 7.60 Å². The molecule has 2 heterocycles. The van der Waals surface area contributed by atoms with Crippen molar-refractivity contribution in [3.63, 3.8) is 0 Å². The van der Waals surface area contributed by atoms with E-state index in [1.165, 1.54) is 30.5 Å². The first kappa shape index (κ1) is 48.6. The number of methoxy groups -OCH3 is 1. The summed E-state index contributed by atoms with van der Waals surface area (Å²) in [7, 11) is -6.71. The van der Waals surface area contributed by atoms with Crippen LogP contribution in [0.2, 0.25) is 0 Å². The first-order chi connectivity index (χ1) is 30.7. The summed E-state index contributed by atoms with van der Waals surface area (Å²) in [6.07, 6.45) is -4.30. The Morgan fingerprint density at radius 3 is 2.12 bits per heavy atom. The van der Waals surface area contributed by atoms with Gasteiger partial charge in [-0.3, -0.25) is 9.09 Å². The zero-order chi connectivity index (χ0) is 45.7. The van der Waals surface area contributed by atoms with E-state index in [0.717, 1.165) is 11.1 Å². The third-order valence-electron chi connectivity index (χ3n) is 10.6. The molecule has 64 heavy (non-hydrogen) atoms. The molecule has 2 saturated heterocycles. The van der Waals surface area contributed by atoms with Gasteiger partial charge in [0, 0.05) is 13.1 Å². The molecule has 2 fully saturated rings. The van der Waals surface area contributed by atoms with E-state index in [9.17, 15) is 27.7 Å². The van der Waals surface area contributed by atoms with Gasteiger partial charge in [-0.1, -0.05) is 86.6 Å². The minimum Gasteiger partial charge on any atom is -0.497 e. The number of nitrogens with zero attached hydrogens (tertiary/aromatic N) is 1. The van der Waals surface area contributed by atoms with Crippen molar-refractivity contribution < 1.29 is 65.1 Å². The Morgan fingerprint density at radius 2 is 1.48 bits per heavy atom. The number of aliphatic hydroxyl groups is 1. The highest BCUT2D eigenvalue weighted by atomic mass is 32.2. The van der Waals surface area contributed by atoms with Crippen molar-refractivity contribution in [3.8, 4) is 11.5 Å². The van der Waals surface area contributed by atoms with Crippen LogP contribution in [0.5, 0.6) is 11.5 Å². The van der Waals surface area contributed by atoms with Crippen molar-refractivity contribution in [2.45, 2.75) is 82.4 Å². The van der Waals surface area contributed by atoms with Crippen LogP contribution in [-0.2, 0) is 67.0 Å². The second kappa shape index (κ2) is 22.9. The maximum absolute atomic E-state index is 14.1. The van der Waals surface area contributed by atoms with Gasteiger partial charge in [-0.2, -0.15) is 4.31 Å². The number of ether oxygens (including phenoxy) is 6. The van der Waals surface area contributed by atoms with E-state index in [1.54, 1.807) is 48.5 Å². The molecule has 4 aromatic rings. The van der Waals surface area contributed by atoms with E-state index in [1.807, 2.05) is 62.4 Å². The highest BCUT2D eigenvalue weighted by molar-refractivity contribution is 7.89. The molecule has 1 amide bonds. The number of hydrogen-bond donors (Lipinski definition) is 2. The Labute approximate surface area is 374 Å². The zero-order valence-electron chi connectivity index (χ0n) is 36.4. The lowest BCUT2D eigenvalue weighted by molar-refractivity contribution is -0.153. The van der Waals surface area contributed by atoms with E-state index in [0.29, 0.717) is 24.3 Å². The molecule has 7 atom stereocenters. The smallest absolute Gasteiger partial charge is 0.407 e. The molecule has 0 bridgehead atoms. The van der Waals surface area contributed by atoms with Gasteiger partial charge in [0.2, 0.25) is 10.0 Å². The zero-order valence-corrected chi connectivity index (χ0v) is 38.1. The Bertz CT molecular complexity index is 2250. The molecule has 0 radical (unpaired) electrons. The number of fused-ring (bicyclic) bond motifs is 1. The number of rotatable bonds is 23. The van der Waals surface area contributed by atoms with Crippen molar-refractivity contribution in [1.29, 1.82) is 0 Å². The van der Waals surface area contributed by atoms with Crippen molar-refractivity contribution in [1.82, 2.24) is 9.62 Å². The number of nitrogens with one attached hydrogen (secondary N) is 1. The van der Waals surface area contributed by atoms with E-state index in [-0.39, 0.29) is 61.8 Å². The summed E-state index contributed by atoms with van der Waals surface area (Å²) in [5.74, 6) is -0.192. The Hall–Kier alpha value is -4.84. The molecule has 0 saturated carbocycles. The Kier molecular flexibility index (Phi) is 17.4. The van der Waals surface area contributed by atoms with Gasteiger partial charge in [-0.15, -0.1) is 0 Å². The third-order valence-corrected chi connectivity index (χ3v) is 14.0. The third kappa shape index (κ3) is 13.8. The molecule has 0 aromatic heterocycles. The average molecular weight is 925 g/mol. The molecule has 16 nitrogen and oxygen atoms in total. The van der Waals surface area contributed by atoms with Crippen molar-refractivity contribution in [2.24, 2.45) is 11.8 Å². The number of sulfonamides is 1. The number of amides is 1. The molecule has 4 aromatic carbocycles. The number of esters is 1. The van der Waals surface area contributed by atoms with Crippen LogP contribution in [0.1, 0.15) is 43.9 Å². The molecular formula is C46H57N2O14PS. The number of benzene rings is 4. The van der Waals surface area contributed by atoms with Gasteiger partial charge in [0.25, 0.3) is 0 Å². The number of alkyl carbamates (subject to hydrolysis) is 1. The molecule has 6 rings (SSSR count). The van der Waals surface area contributed by atoms with Gasteiger partial charge in [0.15, 0.2) is 18.7 Å². The summed E-state index contributed by atoms with van der Waals surface area (Å²) in [5, 5.41) is 14.6. The summed E-state index contributed by atoms with van der Waals surface area (Å²) in [6.45, 7) is 5.47. The molecule has 0 aliphatic carbocycles. The Morgan fingerprint density at radius 1 is 0.844 bits per heavy atom. The maximum Gasteiger partial charge on any atom is 0.407 e. The average Bonchev–Trinajstić information content (AvgIpc) is 3.92. The number of carbonyl (C=O) groups excluding carboxylic acids is 2. The van der Waals surface area contributed by atoms with Crippen LogP contribution in [0.3, 0.4) is 0 Å². The fourth-order valence-corrected chi connectivity index (χ4v) is 10.2. The number of aliphatic hydroxyl groups excluding tert-OH is 1. The highest BCUT2D eigenvalue weighted by Crippen LogP contribution is 2.50. The molecule has 18 heteroatoms. The first-order valence-electron chi connectivity index (χ1n) is 21.1. The molecule has 346 valence electrons. The highest BCUT2D eigenvalue weighted by Gasteiger charge is 2.44. The molecule has 2 unspecified atom stereocenters. The molecule has 0 spiro atoms. The summed E-state index contributed by atoms with van der Waals surface area (Å²) in [5.41, 5.74) is 2.13. The molecular weight excluding hydrogens is 868 g/mol. The minimum atomic E-state index is -4.10. The molecule has 2 aliphatic heterocycles. The monoisotopic (exact) mass is 924 g/mol. The second-order valence-electron chi connectivity index (χ2n) is 16.0. The largest absolute Gasteiger partial charge is 0.497 e. The SMILES string of the molecule is COc1ccc(S(=O)(=O)N(CC(C)C)C[C@@H](O)[C@H](Cc2ccc(OCP(=O)(OCc3ccccc3)O[C@H](C)C(=O)OCc3ccccc3)cc2)NC(=O)O[C@H]2CO[C@H]3OCCC32)cc1. The minimum absolute atomic E-state index is 0.00474. The summed E-state index contributed by atoms with van der Waals surface area (Å²) in [4.78, 5) is 26.4. The lowest BCUT2D eigenvalue weighted by Crippen LogP contribution is -2.51. The van der Waals surface area contributed by atoms with E-state index < -0.39 is 66.7 Å². The van der Waals surface area contributed by atoms with Gasteiger partial charge in [-0.05, 0) is 78.8 Å². The standard InChI is InChI=1S/C46H57N2O14PS/c1-32(2)26-48(64(53,54)39-21-19-37(55-4)20-22-39)27-42(49)41(47-46(51)61-43-30-58-45-40(43)23-24-56-45)25-34-15-17-38(18-16-34)59-31-63(52,60-29-36-13-9-6-10-14-36)62-33(3)44(50)57-28-35-11-7-5-8-12-35/h5-22,32-33,40-43,45,49H,23-31H2,1-4H3,(H,47,51)/t33-,40?,41+,42-,43+,45-,63?/m1/s1. The lowest BCUT2D eigenvalue weighted by Gasteiger charge is -2.31. The summed E-state index contributed by atoms with van der Waals surface area (Å²) in [6, 6.07) is 29.7. The lowest BCUT2D eigenvalue weighted by atomic mass is 10.0. The van der Waals surface area contributed by atoms with Crippen LogP contribution in [-0.4, -0.2) is 100 Å². The van der Waals surface area contributed by atoms with Crippen molar-refractivity contribution in [3.05, 3.63) is 126 Å². The summed E-state index contributed by atoms with van der Waals surface area (Å²) < 4.78 is 88.3. The normalized spacial score (nSPS) is 19.6. The van der Waals surface area contributed by atoms with Gasteiger partial charge in [0.05, 0.1) is 49.9 Å². The number of carbonyl (C=O) groups is 2. The fourth-order valence-electron chi connectivity index (χ4n) is 7.17. The predicted octanol–water partition coefficient (Wildman–Crippen LogP) is 6.70. The van der Waals surface area contributed by atoms with Gasteiger partial charge in [0.1, 0.15) is 24.2 Å². The van der Waals surface area contributed by atoms with Crippen LogP contribution in [0.15, 0.2) is 114 Å². The van der Waals surface area contributed by atoms with Crippen LogP contribution in [0, 0.1) is 11.8 Å². The van der Waals surface area contributed by atoms with Gasteiger partial charge < -0.3 is 43.4 Å². The van der Waals surface area contributed by atoms with Crippen molar-refractivity contribution in [2.75, 3.05) is 39.8 Å². The van der Waals surface area contributed by atoms with Crippen molar-refractivity contribution >= 4 is 29.7 Å². The van der Waals surface area contributed by atoms with Crippen LogP contribution in [0.4, 0.5) is 4.79 Å². The topological polar surface area (TPSA) is 195 Å². The van der Waals surface area contributed by atoms with E-state index >= 15 is 0 Å². The molecule has 2 N–H and O–H groups in total. The summed E-state index contributed by atoms with van der Waals surface area (Å²) >= 11 is 0. The van der Waals surface area contributed by atoms with E-state index in [4.69, 9.17) is 37.5 Å². The number of hydrogen-bond acceptors (Lipinski definition) is 14. The predicted molar refractivity (Wildman–Crippen MR) is 235 cm³/mol. The maximum atomic E-state index is 14.1. The van der Waals surface area contributed by atoms with Gasteiger partial charge in [-0.25, -0.2) is 18.0 Å². The fraction of sp³-hybridized carbons (Fsp3) is 0.435. The van der Waals surface area contributed by atoms with Crippen LogP contribution in [0.25, 0.3) is 0 Å². The quantitative estimate of drug-likeness (QED) is 0.0590. The second-order valence-corrected chi connectivity index (χ2v) is 19.9. The Balaban J connectivity index is 1.15. The first-order valence-corrected chi connectivity index (χ1v) is 24.3. The van der Waals surface area contributed by atoms with E-state index in [2.05, 4.69) is 5.32 Å². The van der Waals surface area contributed by atoms with Gasteiger partial charge >= 0.3 is 19.7 Å².